The summed E-state index contributed by atoms with van der Waals surface area (Å²) in [6.07, 6.45) is 2.57. The Morgan fingerprint density at radius 1 is 1.19 bits per heavy atom. The molecule has 0 aromatic heterocycles. The first-order valence-electron chi connectivity index (χ1n) is 9.35. The van der Waals surface area contributed by atoms with Crippen LogP contribution in [0.15, 0.2) is 18.2 Å². The summed E-state index contributed by atoms with van der Waals surface area (Å²) < 4.78 is 11.1. The topological polar surface area (TPSA) is 71.1 Å². The summed E-state index contributed by atoms with van der Waals surface area (Å²) in [4.78, 5) is 29.5. The lowest BCUT2D eigenvalue weighted by molar-refractivity contribution is -0.140. The first-order chi connectivity index (χ1) is 12.7. The normalized spacial score (nSPS) is 24.1. The van der Waals surface area contributed by atoms with E-state index in [1.165, 1.54) is 0 Å². The molecule has 2 unspecified atom stereocenters. The van der Waals surface area contributed by atoms with Gasteiger partial charge in [0, 0.05) is 37.4 Å². The maximum atomic E-state index is 13.0. The number of hydrogen-bond donors (Lipinski definition) is 1. The lowest BCUT2D eigenvalue weighted by atomic mass is 10.1. The lowest BCUT2D eigenvalue weighted by Gasteiger charge is -2.27. The Labute approximate surface area is 165 Å². The van der Waals surface area contributed by atoms with Crippen LogP contribution in [0.25, 0.3) is 0 Å². The van der Waals surface area contributed by atoms with Crippen molar-refractivity contribution in [2.45, 2.75) is 25.3 Å². The number of likely N-dealkylation sites (N-methyl/N-ethyl adjacent to an activating group) is 1. The highest BCUT2D eigenvalue weighted by atomic mass is 35.5. The number of nitrogens with one attached hydrogen (secondary N) is 1. The molecule has 0 aliphatic carbocycles. The number of benzene rings is 1. The second-order valence-electron chi connectivity index (χ2n) is 7.04. The van der Waals surface area contributed by atoms with E-state index in [0.717, 1.165) is 31.6 Å². The summed E-state index contributed by atoms with van der Waals surface area (Å²) in [5.41, 5.74) is 0.766. The van der Waals surface area contributed by atoms with E-state index in [4.69, 9.17) is 9.47 Å². The van der Waals surface area contributed by atoms with Crippen molar-refractivity contribution < 1.29 is 19.1 Å². The third-order valence-electron chi connectivity index (χ3n) is 5.44. The Bertz CT molecular complexity index is 714. The number of hydrogen-bond acceptors (Lipinski definition) is 5. The molecular formula is C19H26ClN3O4. The van der Waals surface area contributed by atoms with Gasteiger partial charge in [-0.05, 0) is 38.4 Å². The van der Waals surface area contributed by atoms with Crippen molar-refractivity contribution >= 4 is 29.9 Å². The minimum atomic E-state index is -0.569. The van der Waals surface area contributed by atoms with Crippen molar-refractivity contribution in [2.75, 3.05) is 44.8 Å². The maximum absolute atomic E-state index is 13.0. The van der Waals surface area contributed by atoms with Gasteiger partial charge in [-0.1, -0.05) is 0 Å². The van der Waals surface area contributed by atoms with Crippen molar-refractivity contribution in [1.29, 1.82) is 0 Å². The van der Waals surface area contributed by atoms with Gasteiger partial charge in [0.15, 0.2) is 11.5 Å². The van der Waals surface area contributed by atoms with E-state index >= 15 is 0 Å². The first kappa shape index (κ1) is 19.8. The number of rotatable bonds is 4. The van der Waals surface area contributed by atoms with Gasteiger partial charge >= 0.3 is 0 Å². The molecule has 1 N–H and O–H groups in total. The van der Waals surface area contributed by atoms with Crippen LogP contribution in [-0.4, -0.2) is 62.7 Å². The zero-order valence-electron chi connectivity index (χ0n) is 15.5. The van der Waals surface area contributed by atoms with E-state index in [0.29, 0.717) is 37.7 Å². The van der Waals surface area contributed by atoms with E-state index in [-0.39, 0.29) is 30.3 Å². The molecule has 2 fully saturated rings. The van der Waals surface area contributed by atoms with Crippen LogP contribution in [0, 0.1) is 5.92 Å². The monoisotopic (exact) mass is 395 g/mol. The quantitative estimate of drug-likeness (QED) is 0.781. The van der Waals surface area contributed by atoms with Crippen LogP contribution in [0.5, 0.6) is 11.5 Å². The summed E-state index contributed by atoms with van der Waals surface area (Å²) in [7, 11) is 1.89. The number of amides is 2. The molecule has 148 valence electrons. The Morgan fingerprint density at radius 2 is 1.96 bits per heavy atom. The molecule has 3 aliphatic heterocycles. The van der Waals surface area contributed by atoms with Crippen LogP contribution in [0.4, 0.5) is 5.69 Å². The van der Waals surface area contributed by atoms with Gasteiger partial charge in [0.05, 0.1) is 0 Å². The van der Waals surface area contributed by atoms with Crippen LogP contribution >= 0.6 is 12.4 Å². The van der Waals surface area contributed by atoms with Crippen molar-refractivity contribution in [2.24, 2.45) is 5.92 Å². The van der Waals surface area contributed by atoms with Gasteiger partial charge in [-0.3, -0.25) is 9.59 Å². The average Bonchev–Trinajstić information content (AvgIpc) is 3.28. The summed E-state index contributed by atoms with van der Waals surface area (Å²) >= 11 is 0. The second-order valence-corrected chi connectivity index (χ2v) is 7.04. The number of anilines is 1. The fourth-order valence-electron chi connectivity index (χ4n) is 4.14. The highest BCUT2D eigenvalue weighted by Crippen LogP contribution is 2.36. The minimum Gasteiger partial charge on any atom is -0.486 e. The molecule has 4 rings (SSSR count). The van der Waals surface area contributed by atoms with E-state index in [9.17, 15) is 9.59 Å². The third-order valence-corrected chi connectivity index (χ3v) is 5.44. The number of nitrogens with zero attached hydrogens (tertiary/aromatic N) is 2. The van der Waals surface area contributed by atoms with Crippen LogP contribution in [0.2, 0.25) is 0 Å². The molecule has 7 nitrogen and oxygen atoms in total. The Hall–Kier alpha value is -1.99. The van der Waals surface area contributed by atoms with Crippen molar-refractivity contribution in [3.63, 3.8) is 0 Å². The smallest absolute Gasteiger partial charge is 0.239 e. The molecule has 3 aliphatic rings. The van der Waals surface area contributed by atoms with Gasteiger partial charge in [-0.15, -0.1) is 12.4 Å². The number of fused-ring (bicyclic) bond motifs is 1. The van der Waals surface area contributed by atoms with E-state index in [1.54, 1.807) is 4.90 Å². The van der Waals surface area contributed by atoms with Crippen molar-refractivity contribution in [3.05, 3.63) is 18.2 Å². The Morgan fingerprint density at radius 3 is 2.74 bits per heavy atom. The van der Waals surface area contributed by atoms with E-state index in [2.05, 4.69) is 5.32 Å². The van der Waals surface area contributed by atoms with E-state index < -0.39 is 5.92 Å². The fourth-order valence-corrected chi connectivity index (χ4v) is 4.14. The van der Waals surface area contributed by atoms with Crippen molar-refractivity contribution in [1.82, 2.24) is 10.2 Å². The van der Waals surface area contributed by atoms with Crippen molar-refractivity contribution in [3.8, 4) is 11.5 Å². The largest absolute Gasteiger partial charge is 0.486 e. The average molecular weight is 396 g/mol. The molecular weight excluding hydrogens is 370 g/mol. The minimum absolute atomic E-state index is 0. The zero-order valence-corrected chi connectivity index (χ0v) is 16.3. The molecule has 2 amide bonds. The highest BCUT2D eigenvalue weighted by molar-refractivity contribution is 6.09. The summed E-state index contributed by atoms with van der Waals surface area (Å²) in [5.74, 6) is 0.659. The molecule has 3 heterocycles. The van der Waals surface area contributed by atoms with Gasteiger partial charge in [0.25, 0.3) is 0 Å². The van der Waals surface area contributed by atoms with E-state index in [1.807, 2.05) is 30.1 Å². The molecule has 1 aromatic carbocycles. The molecule has 0 bridgehead atoms. The molecule has 8 heteroatoms. The van der Waals surface area contributed by atoms with Gasteiger partial charge in [-0.25, -0.2) is 0 Å². The third kappa shape index (κ3) is 3.71. The summed E-state index contributed by atoms with van der Waals surface area (Å²) in [5, 5.41) is 3.14. The molecule has 2 saturated heterocycles. The predicted molar refractivity (Wildman–Crippen MR) is 104 cm³/mol. The Kier molecular flexibility index (Phi) is 6.11. The molecule has 1 aromatic rings. The number of carbonyl (C=O) groups excluding carboxylic acids is 2. The molecule has 0 spiro atoms. The highest BCUT2D eigenvalue weighted by Gasteiger charge is 2.42. The van der Waals surface area contributed by atoms with Crippen LogP contribution < -0.4 is 19.7 Å². The zero-order chi connectivity index (χ0) is 18.1. The van der Waals surface area contributed by atoms with Gasteiger partial charge in [-0.2, -0.15) is 0 Å². The number of likely N-dealkylation sites (tertiary alicyclic amines) is 1. The second kappa shape index (κ2) is 8.35. The summed E-state index contributed by atoms with van der Waals surface area (Å²) in [6.45, 7) is 3.12. The molecule has 0 saturated carbocycles. The van der Waals surface area contributed by atoms with Crippen LogP contribution in [-0.2, 0) is 9.59 Å². The standard InChI is InChI=1S/C19H25N3O4.ClH/c1-20-12-14-3-2-7-21(14)18(23)15-6-8-22(19(15)24)13-4-5-16-17(11-13)26-10-9-25-16;/h4-5,11,14-15,20H,2-3,6-10,12H2,1H3;1H. The maximum Gasteiger partial charge on any atom is 0.239 e. The number of halogens is 1. The molecule has 27 heavy (non-hydrogen) atoms. The first-order valence-corrected chi connectivity index (χ1v) is 9.35. The van der Waals surface area contributed by atoms with Gasteiger partial charge < -0.3 is 24.6 Å². The number of ether oxygens (including phenoxy) is 2. The molecule has 2 atom stereocenters. The van der Waals surface area contributed by atoms with Gasteiger partial charge in [0.2, 0.25) is 11.8 Å². The van der Waals surface area contributed by atoms with Gasteiger partial charge in [0.1, 0.15) is 19.1 Å². The SMILES string of the molecule is CNCC1CCCN1C(=O)C1CCN(c2ccc3c(c2)OCCO3)C1=O.Cl. The lowest BCUT2D eigenvalue weighted by Crippen LogP contribution is -2.45. The fraction of sp³-hybridized carbons (Fsp3) is 0.579. The predicted octanol–water partition coefficient (Wildman–Crippen LogP) is 1.44. The summed E-state index contributed by atoms with van der Waals surface area (Å²) in [6, 6.07) is 5.72. The van der Waals surface area contributed by atoms with Crippen LogP contribution in [0.1, 0.15) is 19.3 Å². The Balaban J connectivity index is 0.00000210. The van der Waals surface area contributed by atoms with Crippen LogP contribution in [0.3, 0.4) is 0 Å². The number of carbonyl (C=O) groups is 2. The molecule has 0 radical (unpaired) electrons.